The second-order valence-electron chi connectivity index (χ2n) is 4.30. The predicted molar refractivity (Wildman–Crippen MR) is 76.6 cm³/mol. The number of anilines is 1. The molecule has 104 valence electrons. The standard InChI is InChI=1S/C15H13ClFNO2/c1-9(19)10-5-6-15(14(18)7-10)20-8-11-12(16)3-2-4-13(11)17/h2-7H,8,18H2,1H3. The van der Waals surface area contributed by atoms with Crippen LogP contribution in [0.1, 0.15) is 22.8 Å². The van der Waals surface area contributed by atoms with Crippen molar-refractivity contribution >= 4 is 23.1 Å². The lowest BCUT2D eigenvalue weighted by Gasteiger charge is -2.11. The first-order valence-corrected chi connectivity index (χ1v) is 6.33. The predicted octanol–water partition coefficient (Wildman–Crippen LogP) is 3.84. The van der Waals surface area contributed by atoms with Crippen LogP contribution in [-0.2, 0) is 6.61 Å². The number of rotatable bonds is 4. The van der Waals surface area contributed by atoms with Crippen molar-refractivity contribution in [2.75, 3.05) is 5.73 Å². The summed E-state index contributed by atoms with van der Waals surface area (Å²) in [6.07, 6.45) is 0. The summed E-state index contributed by atoms with van der Waals surface area (Å²) in [5, 5.41) is 0.295. The molecule has 2 N–H and O–H groups in total. The molecule has 20 heavy (non-hydrogen) atoms. The molecule has 0 spiro atoms. The maximum atomic E-state index is 13.6. The van der Waals surface area contributed by atoms with Gasteiger partial charge in [0.25, 0.3) is 0 Å². The lowest BCUT2D eigenvalue weighted by molar-refractivity contribution is 0.101. The zero-order valence-electron chi connectivity index (χ0n) is 10.8. The first kappa shape index (κ1) is 14.3. The van der Waals surface area contributed by atoms with E-state index in [-0.39, 0.29) is 18.0 Å². The lowest BCUT2D eigenvalue weighted by atomic mass is 10.1. The van der Waals surface area contributed by atoms with E-state index in [9.17, 15) is 9.18 Å². The number of nitrogen functional groups attached to an aromatic ring is 1. The summed E-state index contributed by atoms with van der Waals surface area (Å²) >= 11 is 5.91. The molecule has 0 bridgehead atoms. The Balaban J connectivity index is 2.17. The van der Waals surface area contributed by atoms with E-state index < -0.39 is 5.82 Å². The highest BCUT2D eigenvalue weighted by molar-refractivity contribution is 6.31. The van der Waals surface area contributed by atoms with Crippen LogP contribution in [0.3, 0.4) is 0 Å². The molecule has 0 aliphatic heterocycles. The molecule has 2 rings (SSSR count). The number of carbonyl (C=O) groups is 1. The van der Waals surface area contributed by atoms with Crippen LogP contribution in [-0.4, -0.2) is 5.78 Å². The molecule has 0 aliphatic carbocycles. The summed E-state index contributed by atoms with van der Waals surface area (Å²) < 4.78 is 19.0. The second kappa shape index (κ2) is 5.92. The van der Waals surface area contributed by atoms with Crippen LogP contribution in [0.2, 0.25) is 5.02 Å². The largest absolute Gasteiger partial charge is 0.487 e. The number of nitrogens with two attached hydrogens (primary N) is 1. The summed E-state index contributed by atoms with van der Waals surface area (Å²) in [6.45, 7) is 1.42. The Morgan fingerprint density at radius 1 is 1.35 bits per heavy atom. The van der Waals surface area contributed by atoms with Gasteiger partial charge in [-0.3, -0.25) is 4.79 Å². The fourth-order valence-corrected chi connectivity index (χ4v) is 1.94. The van der Waals surface area contributed by atoms with Gasteiger partial charge in [0, 0.05) is 11.1 Å². The summed E-state index contributed by atoms with van der Waals surface area (Å²) in [5.41, 5.74) is 6.89. The van der Waals surface area contributed by atoms with Crippen LogP contribution >= 0.6 is 11.6 Å². The van der Waals surface area contributed by atoms with Crippen molar-refractivity contribution in [2.45, 2.75) is 13.5 Å². The van der Waals surface area contributed by atoms with Crippen LogP contribution in [0, 0.1) is 5.82 Å². The van der Waals surface area contributed by atoms with Crippen LogP contribution < -0.4 is 10.5 Å². The molecule has 0 aliphatic rings. The van der Waals surface area contributed by atoms with Gasteiger partial charge in [0.05, 0.1) is 10.7 Å². The molecule has 2 aromatic rings. The molecule has 0 heterocycles. The van der Waals surface area contributed by atoms with Gasteiger partial charge in [-0.1, -0.05) is 17.7 Å². The molecule has 0 fully saturated rings. The number of benzene rings is 2. The quantitative estimate of drug-likeness (QED) is 0.688. The molecule has 0 unspecified atom stereocenters. The Morgan fingerprint density at radius 3 is 2.70 bits per heavy atom. The topological polar surface area (TPSA) is 52.3 Å². The molecular weight excluding hydrogens is 281 g/mol. The molecule has 0 saturated carbocycles. The van der Waals surface area contributed by atoms with Crippen molar-refractivity contribution in [3.63, 3.8) is 0 Å². The van der Waals surface area contributed by atoms with Crippen LogP contribution in [0.15, 0.2) is 36.4 Å². The van der Waals surface area contributed by atoms with E-state index in [1.807, 2.05) is 0 Å². The zero-order valence-corrected chi connectivity index (χ0v) is 11.6. The highest BCUT2D eigenvalue weighted by Gasteiger charge is 2.10. The maximum Gasteiger partial charge on any atom is 0.159 e. The van der Waals surface area contributed by atoms with E-state index in [2.05, 4.69) is 0 Å². The molecule has 0 radical (unpaired) electrons. The third kappa shape index (κ3) is 3.08. The highest BCUT2D eigenvalue weighted by Crippen LogP contribution is 2.26. The summed E-state index contributed by atoms with van der Waals surface area (Å²) in [7, 11) is 0. The van der Waals surface area contributed by atoms with Gasteiger partial charge in [-0.2, -0.15) is 0 Å². The van der Waals surface area contributed by atoms with Gasteiger partial charge >= 0.3 is 0 Å². The number of carbonyl (C=O) groups excluding carboxylic acids is 1. The van der Waals surface area contributed by atoms with E-state index >= 15 is 0 Å². The van der Waals surface area contributed by atoms with Crippen LogP contribution in [0.5, 0.6) is 5.75 Å². The van der Waals surface area contributed by atoms with Gasteiger partial charge in [0.2, 0.25) is 0 Å². The average molecular weight is 294 g/mol. The fourth-order valence-electron chi connectivity index (χ4n) is 1.72. The van der Waals surface area contributed by atoms with Crippen molar-refractivity contribution in [3.05, 3.63) is 58.4 Å². The highest BCUT2D eigenvalue weighted by atomic mass is 35.5. The molecule has 0 atom stereocenters. The van der Waals surface area contributed by atoms with E-state index in [0.29, 0.717) is 22.0 Å². The summed E-state index contributed by atoms with van der Waals surface area (Å²) in [5.74, 6) is -0.133. The first-order valence-electron chi connectivity index (χ1n) is 5.95. The van der Waals surface area contributed by atoms with E-state index in [0.717, 1.165) is 0 Å². The molecule has 3 nitrogen and oxygen atoms in total. The van der Waals surface area contributed by atoms with Gasteiger partial charge in [-0.15, -0.1) is 0 Å². The van der Waals surface area contributed by atoms with Gasteiger partial charge in [0.15, 0.2) is 5.78 Å². The van der Waals surface area contributed by atoms with Crippen molar-refractivity contribution in [3.8, 4) is 5.75 Å². The Morgan fingerprint density at radius 2 is 2.10 bits per heavy atom. The minimum absolute atomic E-state index is 0.0326. The number of ether oxygens (including phenoxy) is 1. The van der Waals surface area contributed by atoms with Crippen molar-refractivity contribution in [1.29, 1.82) is 0 Å². The minimum Gasteiger partial charge on any atom is -0.487 e. The van der Waals surface area contributed by atoms with Gasteiger partial charge in [0.1, 0.15) is 18.2 Å². The van der Waals surface area contributed by atoms with Gasteiger partial charge in [-0.25, -0.2) is 4.39 Å². The van der Waals surface area contributed by atoms with Crippen LogP contribution in [0.25, 0.3) is 0 Å². The Bertz CT molecular complexity index is 638. The number of hydrogen-bond donors (Lipinski definition) is 1. The number of Topliss-reactive ketones (excluding diaryl/α,β-unsaturated/α-hetero) is 1. The zero-order chi connectivity index (χ0) is 14.7. The molecule has 2 aromatic carbocycles. The second-order valence-corrected chi connectivity index (χ2v) is 4.70. The minimum atomic E-state index is -0.434. The summed E-state index contributed by atoms with van der Waals surface area (Å²) in [4.78, 5) is 11.2. The Hall–Kier alpha value is -2.07. The number of ketones is 1. The molecule has 0 saturated heterocycles. The smallest absolute Gasteiger partial charge is 0.159 e. The molecular formula is C15H13ClFNO2. The van der Waals surface area contributed by atoms with Crippen LogP contribution in [0.4, 0.5) is 10.1 Å². The molecule has 5 heteroatoms. The molecule has 0 aromatic heterocycles. The van der Waals surface area contributed by atoms with E-state index in [1.54, 1.807) is 18.2 Å². The van der Waals surface area contributed by atoms with Crippen molar-refractivity contribution in [1.82, 2.24) is 0 Å². The Labute approximate surface area is 121 Å². The third-order valence-corrected chi connectivity index (χ3v) is 3.20. The monoisotopic (exact) mass is 293 g/mol. The Kier molecular flexibility index (Phi) is 4.25. The lowest BCUT2D eigenvalue weighted by Crippen LogP contribution is -2.03. The average Bonchev–Trinajstić information content (AvgIpc) is 2.39. The van der Waals surface area contributed by atoms with E-state index in [1.165, 1.54) is 25.1 Å². The molecule has 0 amide bonds. The first-order chi connectivity index (χ1) is 9.49. The van der Waals surface area contributed by atoms with Crippen molar-refractivity contribution < 1.29 is 13.9 Å². The maximum absolute atomic E-state index is 13.6. The van der Waals surface area contributed by atoms with E-state index in [4.69, 9.17) is 22.1 Å². The number of halogens is 2. The SMILES string of the molecule is CC(=O)c1ccc(OCc2c(F)cccc2Cl)c(N)c1. The van der Waals surface area contributed by atoms with Gasteiger partial charge in [-0.05, 0) is 37.3 Å². The van der Waals surface area contributed by atoms with Gasteiger partial charge < -0.3 is 10.5 Å². The summed E-state index contributed by atoms with van der Waals surface area (Å²) in [6, 6.07) is 9.15. The number of hydrogen-bond acceptors (Lipinski definition) is 3. The normalized spacial score (nSPS) is 10.3. The fraction of sp³-hybridized carbons (Fsp3) is 0.133. The van der Waals surface area contributed by atoms with Crippen molar-refractivity contribution in [2.24, 2.45) is 0 Å². The third-order valence-electron chi connectivity index (χ3n) is 2.85.